The minimum atomic E-state index is 0.140. The lowest BCUT2D eigenvalue weighted by atomic mass is 10.00. The van der Waals surface area contributed by atoms with Gasteiger partial charge in [-0.1, -0.05) is 0 Å². The van der Waals surface area contributed by atoms with Gasteiger partial charge in [0.05, 0.1) is 11.4 Å². The molecule has 1 unspecified atom stereocenters. The molecule has 1 aliphatic carbocycles. The fourth-order valence-corrected chi connectivity index (χ4v) is 5.21. The number of likely N-dealkylation sites (tertiary alicyclic amines) is 1. The van der Waals surface area contributed by atoms with Gasteiger partial charge in [-0.2, -0.15) is 5.10 Å². The number of allylic oxidation sites excluding steroid dienone is 1. The van der Waals surface area contributed by atoms with E-state index >= 15 is 0 Å². The fraction of sp³-hybridized carbons (Fsp3) is 0.682. The second kappa shape index (κ2) is 8.79. The number of rotatable bonds is 6. The van der Waals surface area contributed by atoms with Gasteiger partial charge in [-0.3, -0.25) is 10.1 Å². The van der Waals surface area contributed by atoms with Crippen LogP contribution in [0.1, 0.15) is 36.9 Å². The van der Waals surface area contributed by atoms with Crippen molar-refractivity contribution in [3.63, 3.8) is 0 Å². The summed E-state index contributed by atoms with van der Waals surface area (Å²) < 4.78 is 13.1. The van der Waals surface area contributed by atoms with Gasteiger partial charge >= 0.3 is 0 Å². The molecular weight excluding hydrogens is 366 g/mol. The first-order chi connectivity index (χ1) is 14.0. The number of aromatic nitrogens is 2. The Kier molecular flexibility index (Phi) is 6.15. The second-order valence-electron chi connectivity index (χ2n) is 8.92. The Hall–Kier alpha value is -1.99. The number of aryl methyl sites for hydroxylation is 2. The summed E-state index contributed by atoms with van der Waals surface area (Å²) in [5.41, 5.74) is 1.97. The molecule has 1 aromatic heterocycles. The third-order valence-corrected chi connectivity index (χ3v) is 6.64. The number of nitrogens with one attached hydrogen (secondary N) is 2. The lowest BCUT2D eigenvalue weighted by molar-refractivity contribution is 0.0539. The van der Waals surface area contributed by atoms with Gasteiger partial charge in [-0.15, -0.1) is 0 Å². The average Bonchev–Trinajstić information content (AvgIpc) is 3.33. The summed E-state index contributed by atoms with van der Waals surface area (Å²) in [7, 11) is 1.85. The van der Waals surface area contributed by atoms with Crippen LogP contribution in [0.4, 0.5) is 0 Å². The first-order valence-electron chi connectivity index (χ1n) is 10.8. The van der Waals surface area contributed by atoms with Gasteiger partial charge in [-0.25, -0.2) is 0 Å². The van der Waals surface area contributed by atoms with Crippen LogP contribution in [-0.4, -0.2) is 65.2 Å². The van der Waals surface area contributed by atoms with E-state index in [4.69, 9.17) is 20.3 Å². The molecule has 7 heteroatoms. The van der Waals surface area contributed by atoms with Crippen LogP contribution < -0.4 is 0 Å². The number of ether oxygens (including phenoxy) is 2. The van der Waals surface area contributed by atoms with Crippen molar-refractivity contribution in [3.8, 4) is 0 Å². The molecule has 2 aliphatic heterocycles. The van der Waals surface area contributed by atoms with Crippen molar-refractivity contribution in [2.24, 2.45) is 24.8 Å². The molecule has 29 heavy (non-hydrogen) atoms. The van der Waals surface area contributed by atoms with E-state index in [1.807, 2.05) is 20.2 Å². The van der Waals surface area contributed by atoms with Crippen LogP contribution in [0.2, 0.25) is 0 Å². The van der Waals surface area contributed by atoms with Crippen LogP contribution in [0.5, 0.6) is 0 Å². The van der Waals surface area contributed by atoms with Crippen molar-refractivity contribution >= 4 is 11.6 Å². The third-order valence-electron chi connectivity index (χ3n) is 6.64. The second-order valence-corrected chi connectivity index (χ2v) is 8.92. The van der Waals surface area contributed by atoms with Gasteiger partial charge in [0, 0.05) is 57.7 Å². The van der Waals surface area contributed by atoms with Gasteiger partial charge in [0.1, 0.15) is 6.10 Å². The van der Waals surface area contributed by atoms with Crippen molar-refractivity contribution in [1.82, 2.24) is 14.7 Å². The summed E-state index contributed by atoms with van der Waals surface area (Å²) in [5.74, 6) is 2.35. The van der Waals surface area contributed by atoms with Gasteiger partial charge in [-0.05, 0) is 56.4 Å². The van der Waals surface area contributed by atoms with Crippen molar-refractivity contribution in [2.75, 3.05) is 32.8 Å². The molecule has 2 saturated heterocycles. The third kappa shape index (κ3) is 4.95. The van der Waals surface area contributed by atoms with E-state index in [1.165, 1.54) is 32.5 Å². The Morgan fingerprint density at radius 1 is 1.21 bits per heavy atom. The maximum atomic E-state index is 8.19. The summed E-state index contributed by atoms with van der Waals surface area (Å²) in [6, 6.07) is 0. The molecule has 158 valence electrons. The molecule has 3 atom stereocenters. The highest BCUT2D eigenvalue weighted by Gasteiger charge is 2.42. The molecule has 0 amide bonds. The Morgan fingerprint density at radius 2 is 1.90 bits per heavy atom. The van der Waals surface area contributed by atoms with Crippen LogP contribution in [0, 0.1) is 35.5 Å². The molecular formula is C22H33N5O2. The molecule has 2 N–H and O–H groups in total. The highest BCUT2D eigenvalue weighted by atomic mass is 16.5. The molecule has 3 fully saturated rings. The molecule has 0 spiro atoms. The number of fused-ring (bicyclic) bond motifs is 1. The minimum Gasteiger partial charge on any atom is -0.475 e. The summed E-state index contributed by atoms with van der Waals surface area (Å²) in [4.78, 5) is 2.64. The molecule has 0 aromatic carbocycles. The van der Waals surface area contributed by atoms with E-state index in [2.05, 4.69) is 10.00 Å². The average molecular weight is 400 g/mol. The van der Waals surface area contributed by atoms with Crippen LogP contribution in [0.3, 0.4) is 0 Å². The summed E-state index contributed by atoms with van der Waals surface area (Å²) in [5, 5.41) is 20.6. The SMILES string of the molecule is Cc1nn(C)cc1C(=N)/C=C\C(=N)O[C@@H]1CC2CN(CC3CCOCC3)C[C@@H]2C1. The Labute approximate surface area is 173 Å². The van der Waals surface area contributed by atoms with Gasteiger partial charge in [0.2, 0.25) is 5.90 Å². The molecule has 3 aliphatic rings. The Bertz CT molecular complexity index is 766. The number of nitrogens with zero attached hydrogens (tertiary/aromatic N) is 3. The zero-order chi connectivity index (χ0) is 20.4. The highest BCUT2D eigenvalue weighted by molar-refractivity contribution is 6.09. The molecule has 0 radical (unpaired) electrons. The van der Waals surface area contributed by atoms with E-state index in [-0.39, 0.29) is 12.0 Å². The van der Waals surface area contributed by atoms with E-state index in [0.29, 0.717) is 17.5 Å². The lowest BCUT2D eigenvalue weighted by Crippen LogP contribution is -2.32. The molecule has 1 aromatic rings. The van der Waals surface area contributed by atoms with Crippen LogP contribution in [-0.2, 0) is 16.5 Å². The molecule has 7 nitrogen and oxygen atoms in total. The van der Waals surface area contributed by atoms with Crippen LogP contribution >= 0.6 is 0 Å². The molecule has 0 bridgehead atoms. The normalized spacial score (nSPS) is 28.1. The standard InChI is InChI=1S/C22H33N5O2/c1-15-20(14-26(2)25-15)21(23)3-4-22(24)29-19-9-17-12-27(13-18(17)10-19)11-16-5-7-28-8-6-16/h3-4,14,16-19,23-24H,5-13H2,1-2H3/b4-3-,23-21?,24-22?/t17-,18?,19-/m0/s1. The molecule has 3 heterocycles. The quantitative estimate of drug-likeness (QED) is 0.569. The first kappa shape index (κ1) is 20.3. The van der Waals surface area contributed by atoms with E-state index in [1.54, 1.807) is 16.8 Å². The van der Waals surface area contributed by atoms with Crippen LogP contribution in [0.15, 0.2) is 18.3 Å². The number of hydrogen-bond donors (Lipinski definition) is 2. The van der Waals surface area contributed by atoms with Gasteiger partial charge in [0.25, 0.3) is 0 Å². The zero-order valence-electron chi connectivity index (χ0n) is 17.6. The monoisotopic (exact) mass is 399 g/mol. The van der Waals surface area contributed by atoms with E-state index in [9.17, 15) is 0 Å². The fourth-order valence-electron chi connectivity index (χ4n) is 5.21. The van der Waals surface area contributed by atoms with Gasteiger partial charge < -0.3 is 19.8 Å². The summed E-state index contributed by atoms with van der Waals surface area (Å²) >= 11 is 0. The van der Waals surface area contributed by atoms with Gasteiger partial charge in [0.15, 0.2) is 0 Å². The van der Waals surface area contributed by atoms with Crippen LogP contribution in [0.25, 0.3) is 0 Å². The summed E-state index contributed by atoms with van der Waals surface area (Å²) in [6.07, 6.45) is 9.70. The van der Waals surface area contributed by atoms with Crippen molar-refractivity contribution in [3.05, 3.63) is 29.6 Å². The predicted molar refractivity (Wildman–Crippen MR) is 113 cm³/mol. The van der Waals surface area contributed by atoms with Crippen molar-refractivity contribution < 1.29 is 9.47 Å². The van der Waals surface area contributed by atoms with Crippen molar-refractivity contribution in [1.29, 1.82) is 10.8 Å². The lowest BCUT2D eigenvalue weighted by Gasteiger charge is -2.27. The number of hydrogen-bond acceptors (Lipinski definition) is 6. The molecule has 4 rings (SSSR count). The first-order valence-corrected chi connectivity index (χ1v) is 10.8. The Balaban J connectivity index is 1.21. The maximum absolute atomic E-state index is 8.19. The smallest absolute Gasteiger partial charge is 0.206 e. The maximum Gasteiger partial charge on any atom is 0.206 e. The Morgan fingerprint density at radius 3 is 2.52 bits per heavy atom. The topological polar surface area (TPSA) is 87.2 Å². The van der Waals surface area contributed by atoms with Crippen molar-refractivity contribution in [2.45, 2.75) is 38.7 Å². The van der Waals surface area contributed by atoms with E-state index in [0.717, 1.165) is 43.2 Å². The van der Waals surface area contributed by atoms with E-state index < -0.39 is 0 Å². The minimum absolute atomic E-state index is 0.140. The zero-order valence-corrected chi connectivity index (χ0v) is 17.6. The highest BCUT2D eigenvalue weighted by Crippen LogP contribution is 2.40. The molecule has 1 saturated carbocycles. The predicted octanol–water partition coefficient (Wildman–Crippen LogP) is 2.78. The summed E-state index contributed by atoms with van der Waals surface area (Å²) in [6.45, 7) is 7.31. The largest absolute Gasteiger partial charge is 0.475 e.